The first-order valence-electron chi connectivity index (χ1n) is 9.61. The molecule has 1 aliphatic heterocycles. The van der Waals surface area contributed by atoms with Gasteiger partial charge in [0, 0.05) is 31.3 Å². The summed E-state index contributed by atoms with van der Waals surface area (Å²) < 4.78 is 11.7. The predicted molar refractivity (Wildman–Crippen MR) is 109 cm³/mol. The lowest BCUT2D eigenvalue weighted by atomic mass is 10.1. The fraction of sp³-hybridized carbons (Fsp3) is 0.429. The number of ether oxygens (including phenoxy) is 2. The molecule has 0 aliphatic carbocycles. The van der Waals surface area contributed by atoms with Gasteiger partial charge in [0.05, 0.1) is 24.9 Å². The van der Waals surface area contributed by atoms with E-state index in [0.29, 0.717) is 35.5 Å². The van der Waals surface area contributed by atoms with Crippen LogP contribution in [0.3, 0.4) is 0 Å². The number of carbonyl (C=O) groups is 3. The Morgan fingerprint density at radius 1 is 1.13 bits per heavy atom. The largest absolute Gasteiger partial charge is 0.465 e. The molecule has 0 radical (unpaired) electrons. The van der Waals surface area contributed by atoms with Crippen molar-refractivity contribution in [2.75, 3.05) is 19.0 Å². The Labute approximate surface area is 174 Å². The Bertz CT molecular complexity index is 973. The zero-order valence-electron chi connectivity index (χ0n) is 17.8. The maximum atomic E-state index is 13.0. The number of esters is 1. The lowest BCUT2D eigenvalue weighted by molar-refractivity contribution is 0.0222. The van der Waals surface area contributed by atoms with Gasteiger partial charge in [-0.2, -0.15) is 5.10 Å². The predicted octanol–water partition coefficient (Wildman–Crippen LogP) is 2.75. The Balaban J connectivity index is 1.78. The fourth-order valence-corrected chi connectivity index (χ4v) is 3.27. The summed E-state index contributed by atoms with van der Waals surface area (Å²) in [6.07, 6.45) is 0.130. The number of carbonyl (C=O) groups excluding carboxylic acids is 3. The van der Waals surface area contributed by atoms with Crippen molar-refractivity contribution in [1.29, 1.82) is 0 Å². The molecule has 3 rings (SSSR count). The van der Waals surface area contributed by atoms with E-state index in [2.05, 4.69) is 15.2 Å². The molecule has 0 saturated carbocycles. The minimum atomic E-state index is -0.594. The molecule has 0 atom stereocenters. The molecule has 0 unspecified atom stereocenters. The molecule has 0 fully saturated rings. The molecule has 2 heterocycles. The van der Waals surface area contributed by atoms with Crippen LogP contribution in [0.15, 0.2) is 24.3 Å². The van der Waals surface area contributed by atoms with Gasteiger partial charge in [0.2, 0.25) is 0 Å². The van der Waals surface area contributed by atoms with Gasteiger partial charge >= 0.3 is 12.1 Å². The van der Waals surface area contributed by atoms with Crippen molar-refractivity contribution in [3.8, 4) is 0 Å². The highest BCUT2D eigenvalue weighted by Gasteiger charge is 2.31. The highest BCUT2D eigenvalue weighted by molar-refractivity contribution is 6.04. The van der Waals surface area contributed by atoms with E-state index in [1.54, 1.807) is 36.2 Å². The van der Waals surface area contributed by atoms with Gasteiger partial charge in [-0.1, -0.05) is 0 Å². The van der Waals surface area contributed by atoms with Crippen molar-refractivity contribution < 1.29 is 23.9 Å². The van der Waals surface area contributed by atoms with E-state index >= 15 is 0 Å². The number of anilines is 1. The number of nitrogens with one attached hydrogen (secondary N) is 1. The zero-order valence-corrected chi connectivity index (χ0v) is 17.8. The molecule has 0 saturated heterocycles. The second kappa shape index (κ2) is 8.17. The molecule has 0 spiro atoms. The molecule has 1 aliphatic rings. The van der Waals surface area contributed by atoms with Gasteiger partial charge < -0.3 is 19.7 Å². The highest BCUT2D eigenvalue weighted by Crippen LogP contribution is 2.24. The lowest BCUT2D eigenvalue weighted by Crippen LogP contribution is -2.40. The van der Waals surface area contributed by atoms with Crippen LogP contribution in [0.5, 0.6) is 0 Å². The normalized spacial score (nSPS) is 13.4. The summed E-state index contributed by atoms with van der Waals surface area (Å²) in [7, 11) is 3.01. The third kappa shape index (κ3) is 4.61. The molecule has 1 aromatic carbocycles. The highest BCUT2D eigenvalue weighted by atomic mass is 16.6. The number of aromatic nitrogens is 2. The third-order valence-corrected chi connectivity index (χ3v) is 4.63. The van der Waals surface area contributed by atoms with Gasteiger partial charge in [-0.25, -0.2) is 9.59 Å². The Morgan fingerprint density at radius 3 is 2.40 bits per heavy atom. The summed E-state index contributed by atoms with van der Waals surface area (Å²) in [4.78, 5) is 38.5. The summed E-state index contributed by atoms with van der Waals surface area (Å²) in [5.41, 5.74) is 2.21. The van der Waals surface area contributed by atoms with Crippen LogP contribution < -0.4 is 5.32 Å². The van der Waals surface area contributed by atoms with Crippen LogP contribution in [-0.2, 0) is 29.5 Å². The number of hydrogen-bond acceptors (Lipinski definition) is 6. The molecular formula is C21H26N4O5. The molecule has 2 amide bonds. The monoisotopic (exact) mass is 414 g/mol. The first-order valence-corrected chi connectivity index (χ1v) is 9.61. The molecule has 1 N–H and O–H groups in total. The van der Waals surface area contributed by atoms with Crippen LogP contribution in [0.4, 0.5) is 10.5 Å². The number of fused-ring (bicyclic) bond motifs is 1. The quantitative estimate of drug-likeness (QED) is 0.775. The summed E-state index contributed by atoms with van der Waals surface area (Å²) in [6.45, 7) is 6.18. The van der Waals surface area contributed by atoms with Gasteiger partial charge in [-0.05, 0) is 45.0 Å². The molecule has 2 aromatic rings. The van der Waals surface area contributed by atoms with Gasteiger partial charge in [0.15, 0.2) is 0 Å². The Kier molecular flexibility index (Phi) is 5.82. The van der Waals surface area contributed by atoms with Crippen molar-refractivity contribution in [3.05, 3.63) is 46.8 Å². The van der Waals surface area contributed by atoms with Crippen molar-refractivity contribution in [2.24, 2.45) is 7.05 Å². The third-order valence-electron chi connectivity index (χ3n) is 4.63. The molecule has 9 heteroatoms. The standard InChI is InChI=1S/C21H26N4O5/c1-21(2,3)30-20(28)25-11-10-16-15(12-25)17(24(4)23-16)18(26)22-14-8-6-13(7-9-14)19(27)29-5/h6-9H,10-12H2,1-5H3,(H,22,26). The van der Waals surface area contributed by atoms with Crippen LogP contribution in [0.1, 0.15) is 52.9 Å². The minimum Gasteiger partial charge on any atom is -0.465 e. The minimum absolute atomic E-state index is 0.252. The lowest BCUT2D eigenvalue weighted by Gasteiger charge is -2.29. The number of aryl methyl sites for hydroxylation is 1. The van der Waals surface area contributed by atoms with E-state index in [1.807, 2.05) is 20.8 Å². The van der Waals surface area contributed by atoms with E-state index < -0.39 is 17.7 Å². The number of nitrogens with zero attached hydrogens (tertiary/aromatic N) is 3. The van der Waals surface area contributed by atoms with E-state index in [-0.39, 0.29) is 12.5 Å². The number of amides is 2. The first kappa shape index (κ1) is 21.4. The first-order chi connectivity index (χ1) is 14.1. The van der Waals surface area contributed by atoms with E-state index in [1.165, 1.54) is 11.8 Å². The van der Waals surface area contributed by atoms with Crippen molar-refractivity contribution in [2.45, 2.75) is 39.3 Å². The Morgan fingerprint density at radius 2 is 1.80 bits per heavy atom. The average Bonchev–Trinajstić information content (AvgIpc) is 3.01. The summed E-state index contributed by atoms with van der Waals surface area (Å²) >= 11 is 0. The Hall–Kier alpha value is -3.36. The topological polar surface area (TPSA) is 103 Å². The van der Waals surface area contributed by atoms with Gasteiger partial charge in [-0.3, -0.25) is 9.48 Å². The average molecular weight is 414 g/mol. The molecule has 160 valence electrons. The number of methoxy groups -OCH3 is 1. The molecule has 1 aromatic heterocycles. The molecule has 0 bridgehead atoms. The zero-order chi connectivity index (χ0) is 22.1. The number of hydrogen-bond donors (Lipinski definition) is 1. The maximum Gasteiger partial charge on any atom is 0.410 e. The summed E-state index contributed by atoms with van der Waals surface area (Å²) in [5, 5.41) is 7.26. The van der Waals surface area contributed by atoms with Crippen molar-refractivity contribution in [3.63, 3.8) is 0 Å². The van der Waals surface area contributed by atoms with Crippen LogP contribution in [-0.4, -0.2) is 51.9 Å². The van der Waals surface area contributed by atoms with Gasteiger partial charge in [-0.15, -0.1) is 0 Å². The summed E-state index contributed by atoms with van der Waals surface area (Å²) in [5.74, 6) is -0.793. The maximum absolute atomic E-state index is 13.0. The summed E-state index contributed by atoms with van der Waals surface area (Å²) in [6, 6.07) is 6.40. The smallest absolute Gasteiger partial charge is 0.410 e. The molecule has 9 nitrogen and oxygen atoms in total. The van der Waals surface area contributed by atoms with Crippen molar-refractivity contribution in [1.82, 2.24) is 14.7 Å². The van der Waals surface area contributed by atoms with Crippen LogP contribution >= 0.6 is 0 Å². The number of benzene rings is 1. The van der Waals surface area contributed by atoms with E-state index in [4.69, 9.17) is 4.74 Å². The van der Waals surface area contributed by atoms with Gasteiger partial charge in [0.1, 0.15) is 11.3 Å². The molecular weight excluding hydrogens is 388 g/mol. The van der Waals surface area contributed by atoms with Crippen LogP contribution in [0, 0.1) is 0 Å². The van der Waals surface area contributed by atoms with Crippen LogP contribution in [0.25, 0.3) is 0 Å². The van der Waals surface area contributed by atoms with E-state index in [0.717, 1.165) is 5.69 Å². The fourth-order valence-electron chi connectivity index (χ4n) is 3.27. The second-order valence-corrected chi connectivity index (χ2v) is 8.07. The van der Waals surface area contributed by atoms with Crippen LogP contribution in [0.2, 0.25) is 0 Å². The van der Waals surface area contributed by atoms with Gasteiger partial charge in [0.25, 0.3) is 5.91 Å². The SMILES string of the molecule is COC(=O)c1ccc(NC(=O)c2c3c(nn2C)CCN(C(=O)OC(C)(C)C)C3)cc1. The van der Waals surface area contributed by atoms with Crippen molar-refractivity contribution >= 4 is 23.7 Å². The second-order valence-electron chi connectivity index (χ2n) is 8.07. The number of rotatable bonds is 3. The van der Waals surface area contributed by atoms with E-state index in [9.17, 15) is 14.4 Å². The molecule has 30 heavy (non-hydrogen) atoms.